The maximum absolute atomic E-state index is 10.6. The van der Waals surface area contributed by atoms with Gasteiger partial charge in [0.05, 0.1) is 69.5 Å². The number of alkyl halides is 1. The van der Waals surface area contributed by atoms with E-state index in [2.05, 4.69) is 263 Å². The molecule has 16 nitrogen and oxygen atoms in total. The van der Waals surface area contributed by atoms with Crippen molar-refractivity contribution in [3.63, 3.8) is 0 Å². The van der Waals surface area contributed by atoms with Gasteiger partial charge in [-0.05, 0) is 153 Å². The standard InChI is InChI=1S/C45H47NO4.C28H31ClO4.C23H27NO5.C17H17N/c1-3-33-24-26-34(27-25-33)28-38-29-46(40-23-15-14-22-39(38)40)45-44(49-32-37-20-12-7-13-21-37)43(48-31-36-18-10-6-11-19-36)42(41(4-2)50-45)47-30-35-16-8-5-9-17-35;1-2-24-25(30-18-21-12-6-3-7-13-21)26(31-19-22-14-8-4-9-15-22)27(28(29)33-24)32-20-23-16-10-5-11-17-23;1-2-14-7-9-15(10-8-14)11-16-12-24(18-6-4-3-5-17(16)18)23-22(28)21(27)20(26)19(13-25)29-23;1-2-13-7-9-14(10-8-13)11-15-12-18-17-6-4-3-5-16(15)17/h5-27,29,41-45H,3-4,28,30-32H2,1-2H3;3-17,24-28H,2,18-20H2,1H3;3-10,12,19-23,25-28H,2,11,13H2,1H3;3-10,12,18H,2,11H2,1H3/t41-,42-,43+,44-,45?;24-,25-,26+,27-,28+;19-,20-,21+,22-,23?;/m111./s1. The van der Waals surface area contributed by atoms with Crippen LogP contribution in [0.3, 0.4) is 0 Å². The number of nitrogens with one attached hydrogen (secondary N) is 1. The van der Waals surface area contributed by atoms with Crippen molar-refractivity contribution in [2.75, 3.05) is 6.61 Å². The highest BCUT2D eigenvalue weighted by Gasteiger charge is 2.50. The lowest BCUT2D eigenvalue weighted by atomic mass is 9.95. The van der Waals surface area contributed by atoms with Gasteiger partial charge in [0, 0.05) is 40.3 Å². The molecule has 18 rings (SSSR count). The smallest absolute Gasteiger partial charge is 0.163 e. The number of aromatic nitrogens is 3. The van der Waals surface area contributed by atoms with Gasteiger partial charge in [0.15, 0.2) is 18.0 Å². The van der Waals surface area contributed by atoms with E-state index in [4.69, 9.17) is 54.2 Å². The van der Waals surface area contributed by atoms with E-state index < -0.39 is 67.4 Å². The fourth-order valence-corrected chi connectivity index (χ4v) is 17.9. The zero-order valence-electron chi connectivity index (χ0n) is 74.9. The molecular formula is C113H122ClN3O13. The van der Waals surface area contributed by atoms with Crippen molar-refractivity contribution >= 4 is 44.3 Å². The first-order chi connectivity index (χ1) is 63.8. The quantitative estimate of drug-likeness (QED) is 0.0251. The lowest BCUT2D eigenvalue weighted by Gasteiger charge is -2.46. The molecule has 0 aliphatic carbocycles. The molecule has 3 aromatic heterocycles. The SMILES string of the molecule is CC[C@H]1O[C@H](Cl)[C@H](OCc2ccccc2)[C@@H](OCc2ccccc2)[C@@H]1OCc1ccccc1.CCc1ccc(Cc2c[nH]c3ccccc23)cc1.CCc1ccc(Cc2cn(C3O[C@H](CC)[C@@H](OCc4ccccc4)[C@H](OCc4ccccc4)[C@H]3OCc3ccccc3)c3ccccc23)cc1.CCc1ccc(Cc2cn(C3O[C@H](CO)[C@@H](O)[C@H](O)[C@H]3O)c3ccccc23)cc1. The Bertz CT molecular complexity index is 5850. The first-order valence-electron chi connectivity index (χ1n) is 46.0. The minimum Gasteiger partial charge on any atom is -0.394 e. The molecule has 130 heavy (non-hydrogen) atoms. The second-order valence-electron chi connectivity index (χ2n) is 33.8. The predicted molar refractivity (Wildman–Crippen MR) is 516 cm³/mol. The van der Waals surface area contributed by atoms with Gasteiger partial charge in [0.2, 0.25) is 0 Å². The minimum absolute atomic E-state index is 0.187. The van der Waals surface area contributed by atoms with Crippen LogP contribution in [-0.2, 0) is 121 Å². The summed E-state index contributed by atoms with van der Waals surface area (Å²) in [6, 6.07) is 113. The lowest BCUT2D eigenvalue weighted by molar-refractivity contribution is -0.282. The number of halogens is 1. The van der Waals surface area contributed by atoms with Gasteiger partial charge in [0.1, 0.15) is 61.0 Å². The van der Waals surface area contributed by atoms with Crippen LogP contribution < -0.4 is 0 Å². The summed E-state index contributed by atoms with van der Waals surface area (Å²) in [5.74, 6) is 0. The fraction of sp³-hybridized carbons (Fsp3) is 0.310. The number of H-pyrrole nitrogens is 1. The monoisotopic (exact) mass is 1760 g/mol. The third-order valence-electron chi connectivity index (χ3n) is 24.9. The Morgan fingerprint density at radius 1 is 0.292 bits per heavy atom. The van der Waals surface area contributed by atoms with E-state index in [1.165, 1.54) is 60.8 Å². The summed E-state index contributed by atoms with van der Waals surface area (Å²) in [7, 11) is 0. The van der Waals surface area contributed by atoms with E-state index in [9.17, 15) is 20.4 Å². The highest BCUT2D eigenvalue weighted by Crippen LogP contribution is 2.42. The normalized spacial score (nSPS) is 21.9. The first kappa shape index (κ1) is 93.7. The van der Waals surface area contributed by atoms with Crippen molar-refractivity contribution < 1.29 is 63.1 Å². The van der Waals surface area contributed by atoms with Crippen LogP contribution in [0.1, 0.15) is 143 Å². The molecule has 5 N–H and O–H groups in total. The molecule has 0 bridgehead atoms. The Balaban J connectivity index is 0.000000141. The van der Waals surface area contributed by atoms with E-state index in [0.29, 0.717) is 39.6 Å². The molecule has 15 atom stereocenters. The zero-order chi connectivity index (χ0) is 89.9. The number of rotatable bonds is 32. The maximum atomic E-state index is 10.6. The minimum atomic E-state index is -1.41. The number of aryl methyl sites for hydroxylation is 3. The van der Waals surface area contributed by atoms with Crippen molar-refractivity contribution in [1.82, 2.24) is 14.1 Å². The maximum Gasteiger partial charge on any atom is 0.163 e. The van der Waals surface area contributed by atoms with Crippen LogP contribution in [0.25, 0.3) is 32.7 Å². The average Bonchev–Trinajstić information content (AvgIpc) is 1.53. The number of ether oxygens (including phenoxy) is 9. The Morgan fingerprint density at radius 3 is 0.985 bits per heavy atom. The number of benzene rings is 12. The van der Waals surface area contributed by atoms with Gasteiger partial charge in [-0.15, -0.1) is 0 Å². The zero-order valence-corrected chi connectivity index (χ0v) is 75.7. The molecule has 2 unspecified atom stereocenters. The second-order valence-corrected chi connectivity index (χ2v) is 34.2. The number of hydrogen-bond donors (Lipinski definition) is 5. The molecule has 3 aliphatic rings. The molecule has 0 spiro atoms. The molecular weight excluding hydrogens is 1640 g/mol. The number of aliphatic hydroxyl groups excluding tert-OH is 4. The van der Waals surface area contributed by atoms with Crippen LogP contribution in [0.15, 0.2) is 346 Å². The van der Waals surface area contributed by atoms with Crippen LogP contribution in [0.5, 0.6) is 0 Å². The van der Waals surface area contributed by atoms with E-state index in [0.717, 1.165) is 107 Å². The van der Waals surface area contributed by atoms with Crippen LogP contribution in [0.4, 0.5) is 0 Å². The molecule has 0 saturated carbocycles. The van der Waals surface area contributed by atoms with Crippen molar-refractivity contribution in [3.05, 3.63) is 430 Å². The van der Waals surface area contributed by atoms with E-state index >= 15 is 0 Å². The van der Waals surface area contributed by atoms with Crippen LogP contribution in [0.2, 0.25) is 0 Å². The van der Waals surface area contributed by atoms with Crippen LogP contribution in [-0.4, -0.2) is 120 Å². The molecule has 3 saturated heterocycles. The van der Waals surface area contributed by atoms with Gasteiger partial charge in [-0.2, -0.15) is 0 Å². The summed E-state index contributed by atoms with van der Waals surface area (Å²) in [6.45, 7) is 13.0. The predicted octanol–water partition coefficient (Wildman–Crippen LogP) is 22.1. The Kier molecular flexibility index (Phi) is 34.0. The van der Waals surface area contributed by atoms with Gasteiger partial charge in [0.25, 0.3) is 0 Å². The number of hydrogen-bond acceptors (Lipinski definition) is 13. The number of fused-ring (bicyclic) bond motifs is 3. The topological polar surface area (TPSA) is 190 Å². The fourth-order valence-electron chi connectivity index (χ4n) is 17.6. The first-order valence-corrected chi connectivity index (χ1v) is 46.4. The number of aromatic amines is 1. The molecule has 6 heterocycles. The molecule has 15 aromatic rings. The second kappa shape index (κ2) is 47.2. The van der Waals surface area contributed by atoms with Crippen LogP contribution in [0, 0.1) is 0 Å². The van der Waals surface area contributed by atoms with Gasteiger partial charge < -0.3 is 77.2 Å². The largest absolute Gasteiger partial charge is 0.394 e. The summed E-state index contributed by atoms with van der Waals surface area (Å²) in [5, 5.41) is 43.9. The molecule has 0 amide bonds. The number of para-hydroxylation sites is 3. The Hall–Kier alpha value is -11.0. The highest BCUT2D eigenvalue weighted by molar-refractivity contribution is 6.20. The summed E-state index contributed by atoms with van der Waals surface area (Å²) < 4.78 is 63.0. The summed E-state index contributed by atoms with van der Waals surface area (Å²) in [4.78, 5) is 3.33. The van der Waals surface area contributed by atoms with E-state index in [1.807, 2.05) is 128 Å². The Morgan fingerprint density at radius 2 is 0.600 bits per heavy atom. The van der Waals surface area contributed by atoms with Crippen molar-refractivity contribution in [1.29, 1.82) is 0 Å². The van der Waals surface area contributed by atoms with Crippen LogP contribution >= 0.6 is 11.6 Å². The van der Waals surface area contributed by atoms with Crippen molar-refractivity contribution in [2.24, 2.45) is 0 Å². The van der Waals surface area contributed by atoms with E-state index in [1.54, 1.807) is 4.57 Å². The molecule has 674 valence electrons. The summed E-state index contributed by atoms with van der Waals surface area (Å²) >= 11 is 6.70. The molecule has 12 aromatic carbocycles. The van der Waals surface area contributed by atoms with Crippen molar-refractivity contribution in [2.45, 2.75) is 217 Å². The van der Waals surface area contributed by atoms with Gasteiger partial charge >= 0.3 is 0 Å². The third kappa shape index (κ3) is 24.2. The van der Waals surface area contributed by atoms with E-state index in [-0.39, 0.29) is 30.5 Å². The summed E-state index contributed by atoms with van der Waals surface area (Å²) in [6.07, 6.45) is 4.35. The molecule has 0 radical (unpaired) electrons. The molecule has 3 aliphatic heterocycles. The summed E-state index contributed by atoms with van der Waals surface area (Å²) in [5.41, 5.74) is 20.7. The number of nitrogens with zero attached hydrogens (tertiary/aromatic N) is 2. The highest BCUT2D eigenvalue weighted by atomic mass is 35.5. The van der Waals surface area contributed by atoms with Gasteiger partial charge in [-0.3, -0.25) is 0 Å². The molecule has 17 heteroatoms. The number of aliphatic hydroxyl groups is 4. The molecule has 3 fully saturated rings. The van der Waals surface area contributed by atoms with Crippen molar-refractivity contribution in [3.8, 4) is 0 Å². The van der Waals surface area contributed by atoms with Gasteiger partial charge in [-0.25, -0.2) is 0 Å². The lowest BCUT2D eigenvalue weighted by Crippen LogP contribution is -2.58. The van der Waals surface area contributed by atoms with Gasteiger partial charge in [-0.1, -0.05) is 356 Å². The third-order valence-corrected chi connectivity index (χ3v) is 25.3. The average molecular weight is 1770 g/mol. The Labute approximate surface area is 769 Å².